The number of benzene rings is 1. The van der Waals surface area contributed by atoms with E-state index in [9.17, 15) is 4.79 Å². The molecule has 0 spiro atoms. The molecular weight excluding hydrogens is 453 g/mol. The van der Waals surface area contributed by atoms with Crippen molar-refractivity contribution in [2.45, 2.75) is 13.8 Å². The number of aryl methyl sites for hydroxylation is 2. The highest BCUT2D eigenvalue weighted by Gasteiger charge is 2.20. The van der Waals surface area contributed by atoms with Crippen molar-refractivity contribution < 1.29 is 4.79 Å². The number of likely N-dealkylation sites (N-methyl/N-ethyl adjacent to an activating group) is 1. The number of piperazine rings is 1. The number of hydrogen-bond acceptors (Lipinski definition) is 3. The van der Waals surface area contributed by atoms with Crippen LogP contribution in [-0.2, 0) is 4.79 Å². The van der Waals surface area contributed by atoms with E-state index in [2.05, 4.69) is 58.7 Å². The van der Waals surface area contributed by atoms with Gasteiger partial charge in [0.1, 0.15) is 6.54 Å². The maximum atomic E-state index is 11.8. The van der Waals surface area contributed by atoms with Crippen molar-refractivity contribution in [2.24, 2.45) is 4.99 Å². The Bertz CT molecular complexity index is 666. The third kappa shape index (κ3) is 6.71. The van der Waals surface area contributed by atoms with Gasteiger partial charge in [-0.3, -0.25) is 4.79 Å². The first-order chi connectivity index (χ1) is 12.4. The van der Waals surface area contributed by atoms with Crippen LogP contribution in [0.3, 0.4) is 0 Å². The molecule has 1 amide bonds. The van der Waals surface area contributed by atoms with Crippen molar-refractivity contribution in [3.63, 3.8) is 0 Å². The van der Waals surface area contributed by atoms with E-state index in [1.165, 1.54) is 16.8 Å². The molecule has 0 bridgehead atoms. The van der Waals surface area contributed by atoms with Gasteiger partial charge in [0.25, 0.3) is 0 Å². The van der Waals surface area contributed by atoms with Gasteiger partial charge in [-0.2, -0.15) is 0 Å². The van der Waals surface area contributed by atoms with Crippen molar-refractivity contribution in [2.75, 3.05) is 58.3 Å². The molecule has 1 aromatic carbocycles. The van der Waals surface area contributed by atoms with Gasteiger partial charge in [-0.1, -0.05) is 12.1 Å². The van der Waals surface area contributed by atoms with Gasteiger partial charge < -0.3 is 20.0 Å². The molecule has 1 aromatic rings. The van der Waals surface area contributed by atoms with Crippen molar-refractivity contribution in [1.82, 2.24) is 15.1 Å². The minimum Gasteiger partial charge on any atom is -0.368 e. The lowest BCUT2D eigenvalue weighted by atomic mass is 10.1. The highest BCUT2D eigenvalue weighted by molar-refractivity contribution is 14.0. The number of anilines is 1. The summed E-state index contributed by atoms with van der Waals surface area (Å²) in [6.07, 6.45) is 1.80. The maximum absolute atomic E-state index is 11.8. The van der Waals surface area contributed by atoms with E-state index in [1.807, 2.05) is 0 Å². The van der Waals surface area contributed by atoms with Gasteiger partial charge in [-0.05, 0) is 37.1 Å². The van der Waals surface area contributed by atoms with E-state index < -0.39 is 0 Å². The second-order valence-electron chi connectivity index (χ2n) is 6.84. The van der Waals surface area contributed by atoms with Gasteiger partial charge in [0.2, 0.25) is 5.91 Å². The fourth-order valence-corrected chi connectivity index (χ4v) is 2.81. The number of nitrogens with one attached hydrogen (secondary N) is 1. The quantitative estimate of drug-likeness (QED) is 0.301. The summed E-state index contributed by atoms with van der Waals surface area (Å²) in [6.45, 7) is 12.4. The van der Waals surface area contributed by atoms with Crippen molar-refractivity contribution >= 4 is 41.5 Å². The molecule has 1 saturated heterocycles. The van der Waals surface area contributed by atoms with Crippen LogP contribution in [0.15, 0.2) is 35.8 Å². The van der Waals surface area contributed by atoms with E-state index in [0.717, 1.165) is 32.1 Å². The minimum absolute atomic E-state index is 0. The lowest BCUT2D eigenvalue weighted by Crippen LogP contribution is -2.52. The average Bonchev–Trinajstić information content (AvgIpc) is 2.64. The number of carbonyl (C=O) groups is 1. The molecule has 0 radical (unpaired) electrons. The number of nitrogens with zero attached hydrogens (tertiary/aromatic N) is 4. The van der Waals surface area contributed by atoms with Crippen LogP contribution in [-0.4, -0.2) is 75.0 Å². The summed E-state index contributed by atoms with van der Waals surface area (Å²) in [5.41, 5.74) is 3.91. The number of carbonyl (C=O) groups excluding carboxylic acids is 1. The van der Waals surface area contributed by atoms with E-state index in [0.29, 0.717) is 6.54 Å². The number of hydrogen-bond donors (Lipinski definition) is 1. The summed E-state index contributed by atoms with van der Waals surface area (Å²) < 4.78 is 0. The van der Waals surface area contributed by atoms with Gasteiger partial charge >= 0.3 is 0 Å². The fourth-order valence-electron chi connectivity index (χ4n) is 2.81. The number of halogens is 1. The summed E-state index contributed by atoms with van der Waals surface area (Å²) in [7, 11) is 3.49. The predicted molar refractivity (Wildman–Crippen MR) is 124 cm³/mol. The molecule has 0 atom stereocenters. The third-order valence-electron chi connectivity index (χ3n) is 4.70. The topological polar surface area (TPSA) is 51.2 Å². The summed E-state index contributed by atoms with van der Waals surface area (Å²) in [6, 6.07) is 6.63. The molecular formula is C20H32IN5O. The Morgan fingerprint density at radius 2 is 1.89 bits per heavy atom. The normalized spacial score (nSPS) is 14.4. The molecule has 7 heteroatoms. The zero-order valence-electron chi connectivity index (χ0n) is 16.9. The monoisotopic (exact) mass is 485 g/mol. The average molecular weight is 485 g/mol. The molecule has 1 aliphatic rings. The summed E-state index contributed by atoms with van der Waals surface area (Å²) in [5, 5.41) is 3.27. The number of guanidine groups is 1. The Morgan fingerprint density at radius 3 is 2.44 bits per heavy atom. The van der Waals surface area contributed by atoms with Crippen LogP contribution in [0.2, 0.25) is 0 Å². The minimum atomic E-state index is -0.00308. The first kappa shape index (κ1) is 23.3. The Kier molecular flexibility index (Phi) is 9.62. The SMILES string of the molecule is C=CCNC(=NCC(=O)N(C)C)N1CCN(c2ccc(C)c(C)c2)CC1.I. The maximum Gasteiger partial charge on any atom is 0.243 e. The van der Waals surface area contributed by atoms with Crippen LogP contribution in [0, 0.1) is 13.8 Å². The molecule has 0 unspecified atom stereocenters. The molecule has 2 rings (SSSR count). The van der Waals surface area contributed by atoms with Crippen molar-refractivity contribution in [3.05, 3.63) is 42.0 Å². The number of amides is 1. The van der Waals surface area contributed by atoms with Crippen LogP contribution in [0.5, 0.6) is 0 Å². The smallest absolute Gasteiger partial charge is 0.243 e. The molecule has 1 aliphatic heterocycles. The largest absolute Gasteiger partial charge is 0.368 e. The van der Waals surface area contributed by atoms with Gasteiger partial charge in [0.15, 0.2) is 5.96 Å². The highest BCUT2D eigenvalue weighted by atomic mass is 127. The molecule has 150 valence electrons. The number of rotatable bonds is 5. The summed E-state index contributed by atoms with van der Waals surface area (Å²) in [4.78, 5) is 22.5. The lowest BCUT2D eigenvalue weighted by molar-refractivity contribution is -0.127. The Labute approximate surface area is 180 Å². The molecule has 0 saturated carbocycles. The molecule has 27 heavy (non-hydrogen) atoms. The van der Waals surface area contributed by atoms with Crippen LogP contribution < -0.4 is 10.2 Å². The third-order valence-corrected chi connectivity index (χ3v) is 4.70. The van der Waals surface area contributed by atoms with E-state index in [4.69, 9.17) is 0 Å². The molecule has 1 heterocycles. The molecule has 6 nitrogen and oxygen atoms in total. The van der Waals surface area contributed by atoms with E-state index in [-0.39, 0.29) is 36.4 Å². The summed E-state index contributed by atoms with van der Waals surface area (Å²) >= 11 is 0. The second-order valence-corrected chi connectivity index (χ2v) is 6.84. The Morgan fingerprint density at radius 1 is 1.22 bits per heavy atom. The Balaban J connectivity index is 0.00000364. The van der Waals surface area contributed by atoms with Gasteiger partial charge in [0, 0.05) is 52.5 Å². The Hall–Kier alpha value is -1.77. The van der Waals surface area contributed by atoms with Gasteiger partial charge in [-0.25, -0.2) is 4.99 Å². The predicted octanol–water partition coefficient (Wildman–Crippen LogP) is 2.26. The molecule has 0 aliphatic carbocycles. The summed E-state index contributed by atoms with van der Waals surface area (Å²) in [5.74, 6) is 0.775. The second kappa shape index (κ2) is 11.2. The van der Waals surface area contributed by atoms with Crippen molar-refractivity contribution in [3.8, 4) is 0 Å². The van der Waals surface area contributed by atoms with Gasteiger partial charge in [0.05, 0.1) is 0 Å². The number of aliphatic imine (C=N–C) groups is 1. The highest BCUT2D eigenvalue weighted by Crippen LogP contribution is 2.20. The molecule has 0 aromatic heterocycles. The zero-order valence-corrected chi connectivity index (χ0v) is 19.2. The van der Waals surface area contributed by atoms with E-state index in [1.54, 1.807) is 25.1 Å². The molecule has 1 fully saturated rings. The molecule has 1 N–H and O–H groups in total. The van der Waals surface area contributed by atoms with Crippen molar-refractivity contribution in [1.29, 1.82) is 0 Å². The van der Waals surface area contributed by atoms with Crippen LogP contribution in [0.25, 0.3) is 0 Å². The fraction of sp³-hybridized carbons (Fsp3) is 0.500. The van der Waals surface area contributed by atoms with Gasteiger partial charge in [-0.15, -0.1) is 30.6 Å². The van der Waals surface area contributed by atoms with Crippen LogP contribution in [0.4, 0.5) is 5.69 Å². The first-order valence-corrected chi connectivity index (χ1v) is 9.09. The van der Waals surface area contributed by atoms with E-state index >= 15 is 0 Å². The standard InChI is InChI=1S/C20H31N5O.HI/c1-6-9-21-20(22-15-19(26)23(4)5)25-12-10-24(11-13-25)18-8-7-16(2)17(3)14-18;/h6-8,14H,1,9-13,15H2,2-5H3,(H,21,22);1H. The lowest BCUT2D eigenvalue weighted by Gasteiger charge is -2.38. The van der Waals surface area contributed by atoms with Crippen LogP contribution >= 0.6 is 24.0 Å². The zero-order chi connectivity index (χ0) is 19.1. The first-order valence-electron chi connectivity index (χ1n) is 9.09. The van der Waals surface area contributed by atoms with Crippen LogP contribution in [0.1, 0.15) is 11.1 Å².